The van der Waals surface area contributed by atoms with Crippen LogP contribution in [0.3, 0.4) is 0 Å². The van der Waals surface area contributed by atoms with Gasteiger partial charge in [-0.25, -0.2) is 4.98 Å². The van der Waals surface area contributed by atoms with Crippen molar-refractivity contribution in [3.05, 3.63) is 10.6 Å². The van der Waals surface area contributed by atoms with Gasteiger partial charge in [0.25, 0.3) is 5.91 Å². The standard InChI is InChI=1S/C17H27N5O3S/c1-11-14(16(25)21(4)5)26-17(18-11)19-15(24)12-9-13(23)22(10-12)8-6-7-20(2)3/h12H,6-10H2,1-5H3,(H,18,19,24). The number of carbonyl (C=O) groups excluding carboxylic acids is 3. The van der Waals surface area contributed by atoms with Crippen molar-refractivity contribution in [1.29, 1.82) is 0 Å². The average molecular weight is 382 g/mol. The molecule has 0 radical (unpaired) electrons. The Morgan fingerprint density at radius 1 is 1.31 bits per heavy atom. The van der Waals surface area contributed by atoms with Crippen LogP contribution in [0.4, 0.5) is 5.13 Å². The molecule has 0 aromatic carbocycles. The van der Waals surface area contributed by atoms with E-state index in [-0.39, 0.29) is 30.1 Å². The third-order valence-electron chi connectivity index (χ3n) is 4.25. The van der Waals surface area contributed by atoms with Gasteiger partial charge in [-0.05, 0) is 34.0 Å². The number of rotatable bonds is 7. The fourth-order valence-corrected chi connectivity index (χ4v) is 3.79. The lowest BCUT2D eigenvalue weighted by Crippen LogP contribution is -2.30. The highest BCUT2D eigenvalue weighted by molar-refractivity contribution is 7.17. The molecule has 1 atom stereocenters. The lowest BCUT2D eigenvalue weighted by molar-refractivity contribution is -0.128. The number of carbonyl (C=O) groups is 3. The maximum atomic E-state index is 12.5. The van der Waals surface area contributed by atoms with Crippen molar-refractivity contribution >= 4 is 34.2 Å². The summed E-state index contributed by atoms with van der Waals surface area (Å²) in [4.78, 5) is 46.8. The summed E-state index contributed by atoms with van der Waals surface area (Å²) in [5.41, 5.74) is 0.594. The topological polar surface area (TPSA) is 85.9 Å². The van der Waals surface area contributed by atoms with Gasteiger partial charge in [0.1, 0.15) is 4.88 Å². The molecule has 1 aromatic heterocycles. The molecule has 0 saturated carbocycles. The normalized spacial score (nSPS) is 17.1. The molecule has 9 heteroatoms. The Morgan fingerprint density at radius 2 is 2.00 bits per heavy atom. The molecule has 1 saturated heterocycles. The van der Waals surface area contributed by atoms with Gasteiger partial charge in [0, 0.05) is 33.6 Å². The fraction of sp³-hybridized carbons (Fsp3) is 0.647. The third-order valence-corrected chi connectivity index (χ3v) is 5.31. The Morgan fingerprint density at radius 3 is 2.62 bits per heavy atom. The molecule has 1 N–H and O–H groups in total. The summed E-state index contributed by atoms with van der Waals surface area (Å²) in [5, 5.41) is 3.16. The third kappa shape index (κ3) is 5.01. The van der Waals surface area contributed by atoms with Crippen molar-refractivity contribution in [3.63, 3.8) is 0 Å². The molecule has 2 rings (SSSR count). The first-order valence-electron chi connectivity index (χ1n) is 8.61. The van der Waals surface area contributed by atoms with Crippen LogP contribution < -0.4 is 5.32 Å². The van der Waals surface area contributed by atoms with Crippen molar-refractivity contribution in [2.24, 2.45) is 5.92 Å². The van der Waals surface area contributed by atoms with E-state index in [2.05, 4.69) is 15.2 Å². The summed E-state index contributed by atoms with van der Waals surface area (Å²) < 4.78 is 0. The van der Waals surface area contributed by atoms with Gasteiger partial charge in [-0.15, -0.1) is 0 Å². The number of nitrogens with zero attached hydrogens (tertiary/aromatic N) is 4. The van der Waals surface area contributed by atoms with E-state index in [1.165, 1.54) is 4.90 Å². The lowest BCUT2D eigenvalue weighted by Gasteiger charge is -2.17. The van der Waals surface area contributed by atoms with Gasteiger partial charge in [0.15, 0.2) is 5.13 Å². The number of hydrogen-bond acceptors (Lipinski definition) is 6. The molecular weight excluding hydrogens is 354 g/mol. The molecule has 3 amide bonds. The molecule has 2 heterocycles. The van der Waals surface area contributed by atoms with Gasteiger partial charge in [-0.3, -0.25) is 14.4 Å². The zero-order valence-corrected chi connectivity index (χ0v) is 16.9. The van der Waals surface area contributed by atoms with Crippen LogP contribution in [-0.2, 0) is 9.59 Å². The largest absolute Gasteiger partial charge is 0.344 e. The first-order valence-corrected chi connectivity index (χ1v) is 9.43. The summed E-state index contributed by atoms with van der Waals surface area (Å²) in [6.45, 7) is 3.75. The maximum absolute atomic E-state index is 12.5. The van der Waals surface area contributed by atoms with E-state index in [1.807, 2.05) is 14.1 Å². The molecule has 1 fully saturated rings. The highest BCUT2D eigenvalue weighted by atomic mass is 32.1. The maximum Gasteiger partial charge on any atom is 0.265 e. The van der Waals surface area contributed by atoms with E-state index in [4.69, 9.17) is 0 Å². The Hall–Kier alpha value is -2.00. The quantitative estimate of drug-likeness (QED) is 0.758. The van der Waals surface area contributed by atoms with E-state index >= 15 is 0 Å². The predicted octanol–water partition coefficient (Wildman–Crippen LogP) is 0.892. The second kappa shape index (κ2) is 8.59. The number of nitrogens with one attached hydrogen (secondary N) is 1. The molecular formula is C17H27N5O3S. The zero-order valence-electron chi connectivity index (χ0n) is 16.0. The second-order valence-corrected chi connectivity index (χ2v) is 8.02. The van der Waals surface area contributed by atoms with Crippen LogP contribution in [0.2, 0.25) is 0 Å². The Balaban J connectivity index is 1.93. The lowest BCUT2D eigenvalue weighted by atomic mass is 10.1. The number of hydrogen-bond donors (Lipinski definition) is 1. The van der Waals surface area contributed by atoms with Gasteiger partial charge in [0.05, 0.1) is 11.6 Å². The highest BCUT2D eigenvalue weighted by Crippen LogP contribution is 2.25. The van der Waals surface area contributed by atoms with Crippen LogP contribution in [0.1, 0.15) is 28.2 Å². The van der Waals surface area contributed by atoms with Crippen molar-refractivity contribution in [2.45, 2.75) is 19.8 Å². The number of aryl methyl sites for hydroxylation is 1. The molecule has 1 aliphatic heterocycles. The summed E-state index contributed by atoms with van der Waals surface area (Å²) in [7, 11) is 7.34. The Kier molecular flexibility index (Phi) is 6.71. The molecule has 8 nitrogen and oxygen atoms in total. The first kappa shape index (κ1) is 20.3. The molecule has 26 heavy (non-hydrogen) atoms. The number of amides is 3. The number of likely N-dealkylation sites (tertiary alicyclic amines) is 1. The molecule has 1 aliphatic rings. The first-order chi connectivity index (χ1) is 12.2. The van der Waals surface area contributed by atoms with Crippen molar-refractivity contribution in [3.8, 4) is 0 Å². The predicted molar refractivity (Wildman–Crippen MR) is 101 cm³/mol. The summed E-state index contributed by atoms with van der Waals surface area (Å²) in [5.74, 6) is -0.712. The summed E-state index contributed by atoms with van der Waals surface area (Å²) in [6.07, 6.45) is 1.11. The van der Waals surface area contributed by atoms with Crippen molar-refractivity contribution in [2.75, 3.05) is 53.1 Å². The minimum absolute atomic E-state index is 0.0164. The SMILES string of the molecule is Cc1nc(NC(=O)C2CC(=O)N(CCCN(C)C)C2)sc1C(=O)N(C)C. The van der Waals surface area contributed by atoms with Gasteiger partial charge in [-0.1, -0.05) is 11.3 Å². The molecule has 1 aromatic rings. The summed E-state index contributed by atoms with van der Waals surface area (Å²) in [6, 6.07) is 0. The average Bonchev–Trinajstić information content (AvgIpc) is 3.09. The van der Waals surface area contributed by atoms with E-state index < -0.39 is 0 Å². The minimum Gasteiger partial charge on any atom is -0.344 e. The van der Waals surface area contributed by atoms with Gasteiger partial charge in [-0.2, -0.15) is 0 Å². The van der Waals surface area contributed by atoms with Crippen molar-refractivity contribution < 1.29 is 14.4 Å². The van der Waals surface area contributed by atoms with E-state index in [9.17, 15) is 14.4 Å². The zero-order chi connectivity index (χ0) is 19.4. The number of aromatic nitrogens is 1. The fourth-order valence-electron chi connectivity index (χ4n) is 2.80. The molecule has 0 aliphatic carbocycles. The molecule has 1 unspecified atom stereocenters. The summed E-state index contributed by atoms with van der Waals surface area (Å²) >= 11 is 1.16. The van der Waals surface area contributed by atoms with Crippen LogP contribution in [0.5, 0.6) is 0 Å². The highest BCUT2D eigenvalue weighted by Gasteiger charge is 2.34. The van der Waals surface area contributed by atoms with Crippen molar-refractivity contribution in [1.82, 2.24) is 19.7 Å². The Labute approximate surface area is 158 Å². The van der Waals surface area contributed by atoms with Crippen LogP contribution in [0, 0.1) is 12.8 Å². The molecule has 144 valence electrons. The monoisotopic (exact) mass is 381 g/mol. The smallest absolute Gasteiger partial charge is 0.265 e. The molecule has 0 spiro atoms. The van der Waals surface area contributed by atoms with Crippen LogP contribution in [0.15, 0.2) is 0 Å². The molecule has 0 bridgehead atoms. The van der Waals surface area contributed by atoms with E-state index in [0.717, 1.165) is 24.3 Å². The number of thiazole rings is 1. The minimum atomic E-state index is -0.376. The number of anilines is 1. The van der Waals surface area contributed by atoms with E-state index in [1.54, 1.807) is 25.9 Å². The van der Waals surface area contributed by atoms with Gasteiger partial charge >= 0.3 is 0 Å². The van der Waals surface area contributed by atoms with E-state index in [0.29, 0.717) is 28.8 Å². The van der Waals surface area contributed by atoms with Gasteiger partial charge in [0.2, 0.25) is 11.8 Å². The Bertz CT molecular complexity index is 686. The second-order valence-electron chi connectivity index (χ2n) is 7.02. The van der Waals surface area contributed by atoms with Crippen LogP contribution in [0.25, 0.3) is 0 Å². The van der Waals surface area contributed by atoms with Crippen LogP contribution >= 0.6 is 11.3 Å². The van der Waals surface area contributed by atoms with Crippen LogP contribution in [-0.4, -0.2) is 85.2 Å². The van der Waals surface area contributed by atoms with Gasteiger partial charge < -0.3 is 20.0 Å².